The quantitative estimate of drug-likeness (QED) is 0.282. The molecule has 7 rings (SSSR count). The van der Waals surface area contributed by atoms with Gasteiger partial charge in [0.15, 0.2) is 0 Å². The van der Waals surface area contributed by atoms with Gasteiger partial charge in [-0.05, 0) is 97.5 Å². The van der Waals surface area contributed by atoms with Gasteiger partial charge in [-0.25, -0.2) is 8.42 Å². The summed E-state index contributed by atoms with van der Waals surface area (Å²) in [7, 11) is -3.94. The van der Waals surface area contributed by atoms with Crippen LogP contribution in [-0.2, 0) is 21.4 Å². The molecule has 8 nitrogen and oxygen atoms in total. The molecule has 3 saturated heterocycles. The van der Waals surface area contributed by atoms with E-state index in [1.54, 1.807) is 24.3 Å². The molecular weight excluding hydrogens is 644 g/mol. The van der Waals surface area contributed by atoms with Crippen LogP contribution in [-0.4, -0.2) is 78.8 Å². The van der Waals surface area contributed by atoms with E-state index in [9.17, 15) is 13.2 Å². The number of fused-ring (bicyclic) bond motifs is 2. The van der Waals surface area contributed by atoms with Crippen molar-refractivity contribution >= 4 is 27.5 Å². The van der Waals surface area contributed by atoms with E-state index in [0.717, 1.165) is 42.4 Å². The van der Waals surface area contributed by atoms with Crippen molar-refractivity contribution in [3.8, 4) is 16.9 Å². The van der Waals surface area contributed by atoms with Gasteiger partial charge in [0.05, 0.1) is 11.5 Å². The number of nitrogens with two attached hydrogens (primary N) is 1. The molecule has 10 heteroatoms. The summed E-state index contributed by atoms with van der Waals surface area (Å²) in [6.07, 6.45) is 9.57. The maximum atomic E-state index is 14.4. The van der Waals surface area contributed by atoms with Crippen LogP contribution in [0.15, 0.2) is 77.7 Å². The Hall–Kier alpha value is -2.95. The molecule has 3 aromatic carbocycles. The molecule has 3 atom stereocenters. The van der Waals surface area contributed by atoms with Crippen LogP contribution < -0.4 is 10.5 Å². The monoisotopic (exact) mass is 690 g/mol. The Kier molecular flexibility index (Phi) is 10.1. The lowest BCUT2D eigenvalue weighted by molar-refractivity contribution is -0.142. The average Bonchev–Trinajstić information content (AvgIpc) is 3.38. The molecule has 1 amide bonds. The van der Waals surface area contributed by atoms with Crippen molar-refractivity contribution in [2.45, 2.75) is 93.4 Å². The normalized spacial score (nSPS) is 25.7. The van der Waals surface area contributed by atoms with Crippen molar-refractivity contribution in [3.05, 3.63) is 83.4 Å². The van der Waals surface area contributed by atoms with Crippen LogP contribution in [0.2, 0.25) is 5.02 Å². The number of ether oxygens (including phenoxy) is 1. The van der Waals surface area contributed by atoms with Crippen LogP contribution in [0.5, 0.6) is 5.75 Å². The highest BCUT2D eigenvalue weighted by Crippen LogP contribution is 2.37. The average molecular weight is 691 g/mol. The van der Waals surface area contributed by atoms with Crippen molar-refractivity contribution in [3.63, 3.8) is 0 Å². The van der Waals surface area contributed by atoms with Crippen molar-refractivity contribution < 1.29 is 17.9 Å². The van der Waals surface area contributed by atoms with E-state index in [1.807, 2.05) is 29.2 Å². The van der Waals surface area contributed by atoms with E-state index in [4.69, 9.17) is 22.1 Å². The number of sulfonamides is 1. The highest BCUT2D eigenvalue weighted by Gasteiger charge is 2.48. The number of piperazine rings is 1. The van der Waals surface area contributed by atoms with Gasteiger partial charge in [0.25, 0.3) is 0 Å². The van der Waals surface area contributed by atoms with Gasteiger partial charge in [-0.15, -0.1) is 0 Å². The molecule has 0 aromatic heterocycles. The molecule has 2 N–H and O–H groups in total. The first-order valence-electron chi connectivity index (χ1n) is 17.6. The second-order valence-corrected chi connectivity index (χ2v) is 16.5. The molecular formula is C38H47ClN4O4S. The predicted octanol–water partition coefficient (Wildman–Crippen LogP) is 6.32. The lowest BCUT2D eigenvalue weighted by atomic mass is 9.90. The van der Waals surface area contributed by atoms with E-state index in [0.29, 0.717) is 42.9 Å². The zero-order valence-corrected chi connectivity index (χ0v) is 29.1. The minimum absolute atomic E-state index is 0.0761. The van der Waals surface area contributed by atoms with Gasteiger partial charge in [0.1, 0.15) is 11.8 Å². The second-order valence-electron chi connectivity index (χ2n) is 14.2. The van der Waals surface area contributed by atoms with Crippen LogP contribution in [0.25, 0.3) is 11.1 Å². The highest BCUT2D eigenvalue weighted by atomic mass is 35.5. The summed E-state index contributed by atoms with van der Waals surface area (Å²) in [5.41, 5.74) is 9.65. The number of nitrogens with zero attached hydrogens (tertiary/aromatic N) is 3. The van der Waals surface area contributed by atoms with Gasteiger partial charge in [-0.3, -0.25) is 9.69 Å². The fourth-order valence-corrected chi connectivity index (χ4v) is 10.0. The maximum absolute atomic E-state index is 14.4. The summed E-state index contributed by atoms with van der Waals surface area (Å²) in [5, 5.41) is 0.705. The fraction of sp³-hybridized carbons (Fsp3) is 0.500. The van der Waals surface area contributed by atoms with Gasteiger partial charge in [-0.1, -0.05) is 67.3 Å². The molecule has 256 valence electrons. The summed E-state index contributed by atoms with van der Waals surface area (Å²) in [6.45, 7) is 2.40. The van der Waals surface area contributed by atoms with E-state index < -0.39 is 16.1 Å². The molecule has 0 spiro atoms. The van der Waals surface area contributed by atoms with Crippen molar-refractivity contribution in [2.75, 3.05) is 26.2 Å². The number of carbonyl (C=O) groups excluding carboxylic acids is 1. The summed E-state index contributed by atoms with van der Waals surface area (Å²) >= 11 is 6.07. The smallest absolute Gasteiger partial charge is 0.243 e. The zero-order chi connectivity index (χ0) is 33.3. The van der Waals surface area contributed by atoms with Gasteiger partial charge < -0.3 is 15.4 Å². The van der Waals surface area contributed by atoms with Crippen LogP contribution in [0.3, 0.4) is 0 Å². The largest absolute Gasteiger partial charge is 0.493 e. The molecule has 1 aliphatic carbocycles. The summed E-state index contributed by atoms with van der Waals surface area (Å²) < 4.78 is 36.0. The standard InChI is InChI=1S/C38H47ClN4O4S/c39-31-12-10-30(11-13-31)29-8-6-27(7-9-29)24-41-20-21-42(37(25-41)38(44)43-33-14-15-34(43)23-32(40)22-33)48(45,46)36-18-16-35(17-19-36)47-26-28-4-2-1-3-5-28/h6-13,16-19,28,32-34,37H,1-5,14-15,20-26,40H2/t32?,33?,34?,37-/m0/s1. The van der Waals surface area contributed by atoms with Gasteiger partial charge in [0.2, 0.25) is 15.9 Å². The molecule has 2 unspecified atom stereocenters. The molecule has 48 heavy (non-hydrogen) atoms. The first kappa shape index (κ1) is 33.5. The molecule has 2 bridgehead atoms. The van der Waals surface area contributed by atoms with Gasteiger partial charge in [-0.2, -0.15) is 4.31 Å². The number of halogens is 1. The number of rotatable bonds is 9. The van der Waals surface area contributed by atoms with E-state index >= 15 is 0 Å². The molecule has 0 radical (unpaired) electrons. The van der Waals surface area contributed by atoms with Crippen molar-refractivity contribution in [1.29, 1.82) is 0 Å². The molecule has 1 saturated carbocycles. The summed E-state index contributed by atoms with van der Waals surface area (Å²) in [4.78, 5) is 18.8. The third-order valence-corrected chi connectivity index (χ3v) is 13.1. The fourth-order valence-electron chi connectivity index (χ4n) is 8.32. The Morgan fingerprint density at radius 3 is 2.08 bits per heavy atom. The van der Waals surface area contributed by atoms with Gasteiger partial charge >= 0.3 is 0 Å². The van der Waals surface area contributed by atoms with Gasteiger partial charge in [0, 0.05) is 49.3 Å². The Balaban J connectivity index is 1.08. The first-order valence-corrected chi connectivity index (χ1v) is 19.5. The number of carbonyl (C=O) groups is 1. The molecule has 3 aromatic rings. The number of piperidine rings is 1. The minimum Gasteiger partial charge on any atom is -0.493 e. The number of benzene rings is 3. The van der Waals surface area contributed by atoms with E-state index in [2.05, 4.69) is 29.2 Å². The van der Waals surface area contributed by atoms with Crippen molar-refractivity contribution in [1.82, 2.24) is 14.1 Å². The second kappa shape index (κ2) is 14.5. The topological polar surface area (TPSA) is 96.2 Å². The van der Waals surface area contributed by atoms with Crippen LogP contribution in [0.4, 0.5) is 0 Å². The third kappa shape index (κ3) is 7.31. The molecule has 4 fully saturated rings. The van der Waals surface area contributed by atoms with E-state index in [1.165, 1.54) is 36.4 Å². The lowest BCUT2D eigenvalue weighted by Crippen LogP contribution is -2.63. The molecule has 3 aliphatic heterocycles. The molecule has 4 aliphatic rings. The van der Waals surface area contributed by atoms with Crippen LogP contribution >= 0.6 is 11.6 Å². The Morgan fingerprint density at radius 1 is 0.812 bits per heavy atom. The number of hydrogen-bond donors (Lipinski definition) is 1. The highest BCUT2D eigenvalue weighted by molar-refractivity contribution is 7.89. The lowest BCUT2D eigenvalue weighted by Gasteiger charge is -2.45. The van der Waals surface area contributed by atoms with Crippen molar-refractivity contribution in [2.24, 2.45) is 11.7 Å². The summed E-state index contributed by atoms with van der Waals surface area (Å²) in [6, 6.07) is 22.4. The molecule has 3 heterocycles. The number of hydrogen-bond acceptors (Lipinski definition) is 6. The maximum Gasteiger partial charge on any atom is 0.243 e. The Morgan fingerprint density at radius 2 is 1.44 bits per heavy atom. The first-order chi connectivity index (χ1) is 23.2. The van der Waals surface area contributed by atoms with Crippen LogP contribution in [0.1, 0.15) is 63.4 Å². The SMILES string of the molecule is NC1CC2CCC(C1)N2C(=O)[C@@H]1CN(Cc2ccc(-c3ccc(Cl)cc3)cc2)CCN1S(=O)(=O)c1ccc(OCC2CCCCC2)cc1. The number of amides is 1. The zero-order valence-electron chi connectivity index (χ0n) is 27.6. The predicted molar refractivity (Wildman–Crippen MR) is 189 cm³/mol. The Labute approximate surface area is 290 Å². The Bertz CT molecular complexity index is 1650. The minimum atomic E-state index is -3.94. The summed E-state index contributed by atoms with van der Waals surface area (Å²) in [5.74, 6) is 1.15. The van der Waals surface area contributed by atoms with Crippen LogP contribution in [0, 0.1) is 5.92 Å². The third-order valence-electron chi connectivity index (χ3n) is 10.9. The van der Waals surface area contributed by atoms with E-state index in [-0.39, 0.29) is 35.5 Å².